The van der Waals surface area contributed by atoms with Gasteiger partial charge in [-0.3, -0.25) is 9.20 Å². The van der Waals surface area contributed by atoms with E-state index in [0.717, 1.165) is 12.4 Å². The quantitative estimate of drug-likeness (QED) is 0.767. The predicted molar refractivity (Wildman–Crippen MR) is 85.0 cm³/mol. The number of fused-ring (bicyclic) bond motifs is 1. The molecule has 1 N–H and O–H groups in total. The molecule has 0 spiro atoms. The minimum Gasteiger partial charge on any atom is -0.340 e. The summed E-state index contributed by atoms with van der Waals surface area (Å²) in [5, 5.41) is 11.0. The lowest BCUT2D eigenvalue weighted by Gasteiger charge is -2.20. The highest BCUT2D eigenvalue weighted by Crippen LogP contribution is 2.22. The van der Waals surface area contributed by atoms with Gasteiger partial charge in [0.25, 0.3) is 12.3 Å². The first-order valence-electron chi connectivity index (χ1n) is 7.68. The number of halogens is 2. The molecule has 3 heterocycles. The van der Waals surface area contributed by atoms with E-state index in [1.165, 1.54) is 0 Å². The van der Waals surface area contributed by atoms with Crippen LogP contribution in [0, 0.1) is 5.92 Å². The number of amides is 1. The number of alkyl halides is 2. The number of nitrogens with zero attached hydrogens (tertiary/aromatic N) is 5. The van der Waals surface area contributed by atoms with Crippen LogP contribution in [-0.2, 0) is 0 Å². The first-order chi connectivity index (χ1) is 12.0. The number of nitrogens with one attached hydrogen (secondary N) is 1. The molecule has 1 unspecified atom stereocenters. The van der Waals surface area contributed by atoms with Crippen LogP contribution in [0.15, 0.2) is 36.8 Å². The molecule has 25 heavy (non-hydrogen) atoms. The van der Waals surface area contributed by atoms with Crippen molar-refractivity contribution >= 4 is 11.6 Å². The normalized spacial score (nSPS) is 12.7. The fourth-order valence-corrected chi connectivity index (χ4v) is 2.43. The van der Waals surface area contributed by atoms with Crippen LogP contribution >= 0.6 is 0 Å². The molecular weight excluding hydrogens is 330 g/mol. The number of rotatable bonds is 5. The Morgan fingerprint density at radius 2 is 2.00 bits per heavy atom. The number of hydrogen-bond acceptors (Lipinski definition) is 5. The molecule has 3 rings (SSSR count). The standard InChI is InChI=1S/C16H16F2N6O/c1-9(2)13(15-23-22-12-5-3-4-6-24(12)15)21-16(25)11-7-10(14(17)18)19-8-20-11/h3-9,13-14H,1-2H3,(H,21,25). The molecule has 0 bridgehead atoms. The van der Waals surface area contributed by atoms with Gasteiger partial charge in [-0.15, -0.1) is 10.2 Å². The van der Waals surface area contributed by atoms with E-state index in [0.29, 0.717) is 11.5 Å². The van der Waals surface area contributed by atoms with E-state index in [4.69, 9.17) is 0 Å². The maximum Gasteiger partial charge on any atom is 0.280 e. The number of hydrogen-bond donors (Lipinski definition) is 1. The molecule has 0 saturated heterocycles. The van der Waals surface area contributed by atoms with Gasteiger partial charge in [0.2, 0.25) is 0 Å². The van der Waals surface area contributed by atoms with Crippen LogP contribution in [0.3, 0.4) is 0 Å². The molecule has 1 atom stereocenters. The lowest BCUT2D eigenvalue weighted by molar-refractivity contribution is 0.0916. The van der Waals surface area contributed by atoms with Crippen molar-refractivity contribution in [1.82, 2.24) is 29.9 Å². The lowest BCUT2D eigenvalue weighted by Crippen LogP contribution is -2.33. The molecule has 0 aliphatic heterocycles. The van der Waals surface area contributed by atoms with Crippen LogP contribution in [0.2, 0.25) is 0 Å². The maximum atomic E-state index is 12.8. The van der Waals surface area contributed by atoms with Gasteiger partial charge in [-0.1, -0.05) is 19.9 Å². The summed E-state index contributed by atoms with van der Waals surface area (Å²) in [6, 6.07) is 5.99. The van der Waals surface area contributed by atoms with Crippen LogP contribution in [0.4, 0.5) is 8.78 Å². The van der Waals surface area contributed by atoms with Gasteiger partial charge in [-0.05, 0) is 24.1 Å². The van der Waals surface area contributed by atoms with E-state index in [9.17, 15) is 13.6 Å². The Morgan fingerprint density at radius 3 is 2.72 bits per heavy atom. The van der Waals surface area contributed by atoms with Crippen molar-refractivity contribution in [2.24, 2.45) is 5.92 Å². The topological polar surface area (TPSA) is 85.1 Å². The van der Waals surface area contributed by atoms with Gasteiger partial charge in [0.05, 0.1) is 6.04 Å². The summed E-state index contributed by atoms with van der Waals surface area (Å²) in [5.74, 6) is -0.0225. The fourth-order valence-electron chi connectivity index (χ4n) is 2.43. The first kappa shape index (κ1) is 16.9. The molecule has 0 radical (unpaired) electrons. The summed E-state index contributed by atoms with van der Waals surface area (Å²) in [6.45, 7) is 3.83. The van der Waals surface area contributed by atoms with Crippen LogP contribution in [0.25, 0.3) is 5.65 Å². The van der Waals surface area contributed by atoms with Gasteiger partial charge in [0, 0.05) is 6.20 Å². The van der Waals surface area contributed by atoms with Gasteiger partial charge >= 0.3 is 0 Å². The van der Waals surface area contributed by atoms with E-state index >= 15 is 0 Å². The summed E-state index contributed by atoms with van der Waals surface area (Å²) in [7, 11) is 0. The van der Waals surface area contributed by atoms with Crippen LogP contribution in [0.1, 0.15) is 48.3 Å². The van der Waals surface area contributed by atoms with Crippen molar-refractivity contribution in [1.29, 1.82) is 0 Å². The molecule has 130 valence electrons. The molecule has 0 aromatic carbocycles. The molecule has 0 fully saturated rings. The highest BCUT2D eigenvalue weighted by molar-refractivity contribution is 5.92. The largest absolute Gasteiger partial charge is 0.340 e. The monoisotopic (exact) mass is 346 g/mol. The fraction of sp³-hybridized carbons (Fsp3) is 0.312. The van der Waals surface area contributed by atoms with Crippen molar-refractivity contribution in [3.63, 3.8) is 0 Å². The van der Waals surface area contributed by atoms with Gasteiger partial charge in [0.1, 0.15) is 17.7 Å². The van der Waals surface area contributed by atoms with Crippen molar-refractivity contribution in [3.05, 3.63) is 54.0 Å². The van der Waals surface area contributed by atoms with Crippen molar-refractivity contribution < 1.29 is 13.6 Å². The zero-order valence-electron chi connectivity index (χ0n) is 13.6. The second kappa shape index (κ2) is 6.88. The molecule has 3 aromatic heterocycles. The third-order valence-corrected chi connectivity index (χ3v) is 3.72. The average molecular weight is 346 g/mol. The van der Waals surface area contributed by atoms with E-state index in [-0.39, 0.29) is 11.6 Å². The minimum atomic E-state index is -2.77. The molecule has 7 nitrogen and oxygen atoms in total. The third kappa shape index (κ3) is 3.44. The van der Waals surface area contributed by atoms with E-state index in [2.05, 4.69) is 25.5 Å². The second-order valence-corrected chi connectivity index (χ2v) is 5.81. The van der Waals surface area contributed by atoms with E-state index in [1.807, 2.05) is 26.0 Å². The Morgan fingerprint density at radius 1 is 1.20 bits per heavy atom. The summed E-state index contributed by atoms with van der Waals surface area (Å²) >= 11 is 0. The van der Waals surface area contributed by atoms with Crippen molar-refractivity contribution in [3.8, 4) is 0 Å². The van der Waals surface area contributed by atoms with Crippen molar-refractivity contribution in [2.45, 2.75) is 26.3 Å². The van der Waals surface area contributed by atoms with Crippen LogP contribution in [-0.4, -0.2) is 30.5 Å². The second-order valence-electron chi connectivity index (χ2n) is 5.81. The number of aromatic nitrogens is 5. The Hall–Kier alpha value is -2.97. The molecule has 0 aliphatic rings. The molecular formula is C16H16F2N6O. The predicted octanol–water partition coefficient (Wildman–Crippen LogP) is 2.58. The smallest absolute Gasteiger partial charge is 0.280 e. The molecule has 0 aliphatic carbocycles. The Labute approximate surface area is 142 Å². The van der Waals surface area contributed by atoms with E-state index < -0.39 is 24.1 Å². The molecule has 3 aromatic rings. The summed E-state index contributed by atoms with van der Waals surface area (Å²) in [4.78, 5) is 19.7. The summed E-state index contributed by atoms with van der Waals surface area (Å²) < 4.78 is 27.3. The SMILES string of the molecule is CC(C)C(NC(=O)c1cc(C(F)F)ncn1)c1nnc2ccccn12. The van der Waals surface area contributed by atoms with Gasteiger partial charge in [0.15, 0.2) is 11.5 Å². The Balaban J connectivity index is 1.90. The Kier molecular flexibility index (Phi) is 4.64. The number of carbonyl (C=O) groups is 1. The molecule has 9 heteroatoms. The highest BCUT2D eigenvalue weighted by Gasteiger charge is 2.25. The Bertz CT molecular complexity index is 895. The van der Waals surface area contributed by atoms with E-state index in [1.54, 1.807) is 16.7 Å². The third-order valence-electron chi connectivity index (χ3n) is 3.72. The van der Waals surface area contributed by atoms with Gasteiger partial charge in [-0.2, -0.15) is 0 Å². The zero-order valence-corrected chi connectivity index (χ0v) is 13.6. The summed E-state index contributed by atoms with van der Waals surface area (Å²) in [5.41, 5.74) is 0.0402. The van der Waals surface area contributed by atoms with Crippen LogP contribution in [0.5, 0.6) is 0 Å². The van der Waals surface area contributed by atoms with Gasteiger partial charge < -0.3 is 5.32 Å². The summed E-state index contributed by atoms with van der Waals surface area (Å²) in [6.07, 6.45) is -0.0186. The lowest BCUT2D eigenvalue weighted by atomic mass is 10.0. The highest BCUT2D eigenvalue weighted by atomic mass is 19.3. The number of pyridine rings is 1. The zero-order chi connectivity index (χ0) is 18.0. The average Bonchev–Trinajstić information content (AvgIpc) is 3.03. The molecule has 1 amide bonds. The first-order valence-corrected chi connectivity index (χ1v) is 7.68. The van der Waals surface area contributed by atoms with Gasteiger partial charge in [-0.25, -0.2) is 18.7 Å². The molecule has 0 saturated carbocycles. The maximum absolute atomic E-state index is 12.8. The van der Waals surface area contributed by atoms with Crippen molar-refractivity contribution in [2.75, 3.05) is 0 Å². The number of carbonyl (C=O) groups excluding carboxylic acids is 1. The van der Waals surface area contributed by atoms with Crippen LogP contribution < -0.4 is 5.32 Å². The minimum absolute atomic E-state index is 0.00652.